The van der Waals surface area contributed by atoms with E-state index < -0.39 is 0 Å². The van der Waals surface area contributed by atoms with E-state index in [0.717, 1.165) is 10.3 Å². The molecule has 10 heavy (non-hydrogen) atoms. The summed E-state index contributed by atoms with van der Waals surface area (Å²) in [6, 6.07) is 0. The van der Waals surface area contributed by atoms with Gasteiger partial charge in [0.2, 0.25) is 0 Å². The van der Waals surface area contributed by atoms with E-state index in [9.17, 15) is 0 Å². The Bertz CT molecular complexity index is 260. The van der Waals surface area contributed by atoms with Gasteiger partial charge in [-0.15, -0.1) is 0 Å². The Morgan fingerprint density at radius 2 is 2.30 bits per heavy atom. The van der Waals surface area contributed by atoms with Gasteiger partial charge in [-0.05, 0) is 24.8 Å². The quantitative estimate of drug-likeness (QED) is 0.513. The first kappa shape index (κ1) is 6.52. The van der Waals surface area contributed by atoms with Crippen molar-refractivity contribution < 1.29 is 0 Å². The zero-order valence-corrected chi connectivity index (χ0v) is 7.63. The van der Waals surface area contributed by atoms with Crippen LogP contribution >= 0.6 is 22.6 Å². The lowest BCUT2D eigenvalue weighted by Gasteiger charge is -1.95. The summed E-state index contributed by atoms with van der Waals surface area (Å²) in [6.45, 7) is 0. The maximum absolute atomic E-state index is 4.33. The predicted octanol–water partition coefficient (Wildman–Crippen LogP) is 1.57. The van der Waals surface area contributed by atoms with Crippen molar-refractivity contribution in [2.45, 2.75) is 19.3 Å². The summed E-state index contributed by atoms with van der Waals surface area (Å²) in [5, 5.41) is 0. The third kappa shape index (κ3) is 1.02. The van der Waals surface area contributed by atoms with Crippen LogP contribution in [-0.2, 0) is 12.8 Å². The number of hydrogen-bond donors (Lipinski definition) is 0. The fraction of sp³-hybridized carbons (Fsp3) is 0.429. The van der Waals surface area contributed by atoms with E-state index in [1.54, 1.807) is 0 Å². The molecule has 0 fully saturated rings. The number of fused-ring (bicyclic) bond motifs is 1. The summed E-state index contributed by atoms with van der Waals surface area (Å²) >= 11 is 2.15. The van der Waals surface area contributed by atoms with Crippen molar-refractivity contribution >= 4 is 22.6 Å². The standard InChI is InChI=1S/C7H7IN2/c8-7-9-4-5-2-1-3-6(5)10-7/h4H,1-3H2. The molecular formula is C7H7IN2. The fourth-order valence-corrected chi connectivity index (χ4v) is 1.72. The van der Waals surface area contributed by atoms with Crippen LogP contribution in [0.3, 0.4) is 0 Å². The van der Waals surface area contributed by atoms with Crippen LogP contribution in [0.1, 0.15) is 17.7 Å². The largest absolute Gasteiger partial charge is 0.231 e. The average molecular weight is 246 g/mol. The Labute approximate surface area is 73.2 Å². The van der Waals surface area contributed by atoms with Crippen LogP contribution in [0.25, 0.3) is 0 Å². The molecule has 1 aromatic rings. The van der Waals surface area contributed by atoms with E-state index in [4.69, 9.17) is 0 Å². The highest BCUT2D eigenvalue weighted by atomic mass is 127. The molecule has 2 nitrogen and oxygen atoms in total. The topological polar surface area (TPSA) is 25.8 Å². The number of aryl methyl sites for hydroxylation is 2. The molecule has 1 aliphatic rings. The predicted molar refractivity (Wildman–Crippen MR) is 46.8 cm³/mol. The molecule has 0 amide bonds. The van der Waals surface area contributed by atoms with Crippen molar-refractivity contribution in [3.63, 3.8) is 0 Å². The summed E-state index contributed by atoms with van der Waals surface area (Å²) in [4.78, 5) is 8.46. The van der Waals surface area contributed by atoms with Gasteiger partial charge in [0.1, 0.15) is 0 Å². The zero-order chi connectivity index (χ0) is 6.97. The fourth-order valence-electron chi connectivity index (χ4n) is 1.29. The first-order valence-electron chi connectivity index (χ1n) is 3.36. The zero-order valence-electron chi connectivity index (χ0n) is 5.47. The van der Waals surface area contributed by atoms with E-state index in [1.165, 1.54) is 24.1 Å². The monoisotopic (exact) mass is 246 g/mol. The van der Waals surface area contributed by atoms with Gasteiger partial charge in [0.15, 0.2) is 3.83 Å². The SMILES string of the molecule is Ic1ncc2c(n1)CCC2. The van der Waals surface area contributed by atoms with Gasteiger partial charge in [0, 0.05) is 34.5 Å². The molecule has 0 saturated carbocycles. The Morgan fingerprint density at radius 3 is 3.20 bits per heavy atom. The van der Waals surface area contributed by atoms with Gasteiger partial charge in [-0.2, -0.15) is 0 Å². The Balaban J connectivity index is 2.52. The summed E-state index contributed by atoms with van der Waals surface area (Å²) in [6.07, 6.45) is 5.53. The maximum Gasteiger partial charge on any atom is 0.190 e. The van der Waals surface area contributed by atoms with Gasteiger partial charge in [-0.25, -0.2) is 9.97 Å². The van der Waals surface area contributed by atoms with Crippen LogP contribution in [0, 0.1) is 3.83 Å². The van der Waals surface area contributed by atoms with Crippen LogP contribution in [0.15, 0.2) is 6.20 Å². The Morgan fingerprint density at radius 1 is 1.40 bits per heavy atom. The minimum atomic E-state index is 0.873. The van der Waals surface area contributed by atoms with Crippen LogP contribution in [0.5, 0.6) is 0 Å². The lowest BCUT2D eigenvalue weighted by Crippen LogP contribution is -1.93. The second-order valence-corrected chi connectivity index (χ2v) is 3.43. The minimum absolute atomic E-state index is 0.873. The van der Waals surface area contributed by atoms with Gasteiger partial charge >= 0.3 is 0 Å². The van der Waals surface area contributed by atoms with Crippen LogP contribution in [-0.4, -0.2) is 9.97 Å². The van der Waals surface area contributed by atoms with Crippen LogP contribution in [0.2, 0.25) is 0 Å². The number of nitrogens with zero attached hydrogens (tertiary/aromatic N) is 2. The van der Waals surface area contributed by atoms with Gasteiger partial charge in [0.05, 0.1) is 0 Å². The second-order valence-electron chi connectivity index (χ2n) is 2.46. The van der Waals surface area contributed by atoms with Crippen molar-refractivity contribution in [3.8, 4) is 0 Å². The maximum atomic E-state index is 4.33. The first-order valence-corrected chi connectivity index (χ1v) is 4.44. The minimum Gasteiger partial charge on any atom is -0.231 e. The molecule has 1 aliphatic carbocycles. The molecule has 52 valence electrons. The normalized spacial score (nSPS) is 15.3. The van der Waals surface area contributed by atoms with Crippen molar-refractivity contribution in [3.05, 3.63) is 21.3 Å². The smallest absolute Gasteiger partial charge is 0.190 e. The van der Waals surface area contributed by atoms with Crippen molar-refractivity contribution in [1.29, 1.82) is 0 Å². The third-order valence-corrected chi connectivity index (χ3v) is 2.30. The van der Waals surface area contributed by atoms with Gasteiger partial charge in [-0.3, -0.25) is 0 Å². The Kier molecular flexibility index (Phi) is 1.60. The number of aromatic nitrogens is 2. The first-order chi connectivity index (χ1) is 4.86. The molecule has 0 spiro atoms. The molecule has 0 atom stereocenters. The van der Waals surface area contributed by atoms with Crippen molar-refractivity contribution in [2.24, 2.45) is 0 Å². The molecule has 0 aliphatic heterocycles. The van der Waals surface area contributed by atoms with E-state index >= 15 is 0 Å². The Hall–Kier alpha value is -0.190. The van der Waals surface area contributed by atoms with Crippen LogP contribution in [0.4, 0.5) is 0 Å². The second kappa shape index (κ2) is 2.45. The van der Waals surface area contributed by atoms with E-state index in [1.807, 2.05) is 6.20 Å². The molecule has 2 rings (SSSR count). The molecule has 0 radical (unpaired) electrons. The van der Waals surface area contributed by atoms with E-state index in [-0.39, 0.29) is 0 Å². The van der Waals surface area contributed by atoms with Crippen molar-refractivity contribution in [1.82, 2.24) is 9.97 Å². The lowest BCUT2D eigenvalue weighted by molar-refractivity contribution is 0.897. The number of rotatable bonds is 0. The molecular weight excluding hydrogens is 239 g/mol. The lowest BCUT2D eigenvalue weighted by atomic mass is 10.3. The van der Waals surface area contributed by atoms with Gasteiger partial charge < -0.3 is 0 Å². The molecule has 0 saturated heterocycles. The van der Waals surface area contributed by atoms with E-state index in [2.05, 4.69) is 32.6 Å². The summed E-state index contributed by atoms with van der Waals surface area (Å²) in [5.41, 5.74) is 2.61. The van der Waals surface area contributed by atoms with Gasteiger partial charge in [-0.1, -0.05) is 0 Å². The molecule has 0 N–H and O–H groups in total. The highest BCUT2D eigenvalue weighted by molar-refractivity contribution is 14.1. The van der Waals surface area contributed by atoms with Crippen molar-refractivity contribution in [2.75, 3.05) is 0 Å². The summed E-state index contributed by atoms with van der Waals surface area (Å²) in [5.74, 6) is 0. The highest BCUT2D eigenvalue weighted by Gasteiger charge is 2.11. The number of hydrogen-bond acceptors (Lipinski definition) is 2. The summed E-state index contributed by atoms with van der Waals surface area (Å²) < 4.78 is 0.873. The highest BCUT2D eigenvalue weighted by Crippen LogP contribution is 2.18. The molecule has 0 unspecified atom stereocenters. The van der Waals surface area contributed by atoms with E-state index in [0.29, 0.717) is 0 Å². The average Bonchev–Trinajstić information content (AvgIpc) is 2.33. The molecule has 0 bridgehead atoms. The van der Waals surface area contributed by atoms with Crippen LogP contribution < -0.4 is 0 Å². The third-order valence-electron chi connectivity index (χ3n) is 1.78. The molecule has 1 aromatic heterocycles. The summed E-state index contributed by atoms with van der Waals surface area (Å²) in [7, 11) is 0. The molecule has 0 aromatic carbocycles. The molecule has 1 heterocycles. The van der Waals surface area contributed by atoms with Gasteiger partial charge in [0.25, 0.3) is 0 Å². The molecule has 3 heteroatoms. The number of halogens is 1.